The van der Waals surface area contributed by atoms with Crippen LogP contribution in [0.2, 0.25) is 5.02 Å². The van der Waals surface area contributed by atoms with Gasteiger partial charge in [0.25, 0.3) is 11.5 Å². The van der Waals surface area contributed by atoms with Crippen molar-refractivity contribution in [1.29, 1.82) is 0 Å². The Kier molecular flexibility index (Phi) is 8.37. The number of nitrogens with one attached hydrogen (secondary N) is 2. The highest BCUT2D eigenvalue weighted by Crippen LogP contribution is 2.22. The number of halogens is 2. The first-order valence-electron chi connectivity index (χ1n) is 10.8. The molecule has 0 aliphatic carbocycles. The van der Waals surface area contributed by atoms with Gasteiger partial charge in [-0.15, -0.1) is 11.3 Å². The number of nitrogens with zero attached hydrogens (tertiary/aromatic N) is 1. The van der Waals surface area contributed by atoms with Gasteiger partial charge in [-0.2, -0.15) is 0 Å². The summed E-state index contributed by atoms with van der Waals surface area (Å²) in [5.41, 5.74) is 0.728. The normalized spacial score (nSPS) is 18.4. The number of rotatable bonds is 9. The van der Waals surface area contributed by atoms with E-state index >= 15 is 0 Å². The number of aromatic amines is 1. The summed E-state index contributed by atoms with van der Waals surface area (Å²) in [4.78, 5) is 32.3. The van der Waals surface area contributed by atoms with Gasteiger partial charge in [-0.25, -0.2) is 17.8 Å². The number of carbonyl (C=O) groups excluding carboxylic acids is 1. The zero-order valence-electron chi connectivity index (χ0n) is 19.1. The predicted octanol–water partition coefficient (Wildman–Crippen LogP) is 2.05. The van der Waals surface area contributed by atoms with Gasteiger partial charge in [-0.1, -0.05) is 17.7 Å². The first-order chi connectivity index (χ1) is 17.1. The molecule has 14 heteroatoms. The van der Waals surface area contributed by atoms with Crippen LogP contribution in [0.4, 0.5) is 4.39 Å². The molecule has 0 bridgehead atoms. The van der Waals surface area contributed by atoms with Gasteiger partial charge in [0.1, 0.15) is 26.6 Å². The Morgan fingerprint density at radius 2 is 2.08 bits per heavy atom. The van der Waals surface area contributed by atoms with E-state index in [1.165, 1.54) is 29.5 Å². The van der Waals surface area contributed by atoms with E-state index in [1.807, 2.05) is 0 Å². The molecule has 1 aliphatic rings. The number of fused-ring (bicyclic) bond motifs is 1. The second kappa shape index (κ2) is 11.3. The lowest BCUT2D eigenvalue weighted by Crippen LogP contribution is -2.41. The van der Waals surface area contributed by atoms with Crippen LogP contribution in [-0.4, -0.2) is 68.3 Å². The smallest absolute Gasteiger partial charge is 0.287 e. The third kappa shape index (κ3) is 6.87. The predicted molar refractivity (Wildman–Crippen MR) is 132 cm³/mol. The number of sulfone groups is 1. The van der Waals surface area contributed by atoms with E-state index in [-0.39, 0.29) is 55.7 Å². The molecule has 0 radical (unpaired) electrons. The number of H-pyrrole nitrogens is 1. The van der Waals surface area contributed by atoms with Crippen molar-refractivity contribution in [2.75, 3.05) is 31.8 Å². The highest BCUT2D eigenvalue weighted by Gasteiger charge is 2.25. The van der Waals surface area contributed by atoms with Crippen LogP contribution in [0.15, 0.2) is 28.4 Å². The van der Waals surface area contributed by atoms with Crippen LogP contribution in [-0.2, 0) is 37.2 Å². The first kappa shape index (κ1) is 26.6. The molecule has 0 spiro atoms. The molecule has 2 unspecified atom stereocenters. The Balaban J connectivity index is 1.32. The van der Waals surface area contributed by atoms with Crippen molar-refractivity contribution >= 4 is 48.9 Å². The molecule has 36 heavy (non-hydrogen) atoms. The molecule has 1 saturated heterocycles. The minimum Gasteiger partial charge on any atom is -0.374 e. The Morgan fingerprint density at radius 3 is 2.78 bits per heavy atom. The summed E-state index contributed by atoms with van der Waals surface area (Å²) in [6.07, 6.45) is 0.294. The van der Waals surface area contributed by atoms with Crippen LogP contribution in [0.25, 0.3) is 10.2 Å². The minimum absolute atomic E-state index is 0.0539. The van der Waals surface area contributed by atoms with Gasteiger partial charge in [0, 0.05) is 18.4 Å². The number of aromatic nitrogens is 2. The Bertz CT molecular complexity index is 1420. The SMILES string of the molecule is CS(=O)(=O)CC1COC(COCc2csc3nc(C(=O)NCc4ccc(F)c(Cl)c4)[nH]c(=O)c23)CO1. The largest absolute Gasteiger partial charge is 0.374 e. The summed E-state index contributed by atoms with van der Waals surface area (Å²) in [5, 5.41) is 4.62. The van der Waals surface area contributed by atoms with Crippen molar-refractivity contribution in [3.63, 3.8) is 0 Å². The second-order valence-corrected chi connectivity index (χ2v) is 11.8. The summed E-state index contributed by atoms with van der Waals surface area (Å²) in [5.74, 6) is -1.40. The van der Waals surface area contributed by atoms with Gasteiger partial charge in [0.2, 0.25) is 5.82 Å². The molecule has 1 aromatic carbocycles. The van der Waals surface area contributed by atoms with Gasteiger partial charge in [-0.3, -0.25) is 9.59 Å². The molecule has 1 aliphatic heterocycles. The Hall–Kier alpha value is -2.42. The highest BCUT2D eigenvalue weighted by molar-refractivity contribution is 7.90. The van der Waals surface area contributed by atoms with Crippen LogP contribution in [0.3, 0.4) is 0 Å². The molecule has 1 amide bonds. The van der Waals surface area contributed by atoms with Crippen molar-refractivity contribution in [3.05, 3.63) is 61.7 Å². The standard InChI is InChI=1S/C22H23ClFN3O7S2/c1-36(30,31)11-15-9-33-14(8-34-15)7-32-6-13-10-35-22-18(13)20(28)26-19(27-22)21(29)25-5-12-2-3-17(24)16(23)4-12/h2-4,10,14-15H,5-9,11H2,1H3,(H,25,29)(H,26,27,28). The fraction of sp³-hybridized carbons (Fsp3) is 0.409. The van der Waals surface area contributed by atoms with E-state index in [2.05, 4.69) is 15.3 Å². The monoisotopic (exact) mass is 559 g/mol. The van der Waals surface area contributed by atoms with Crippen LogP contribution < -0.4 is 10.9 Å². The molecule has 0 saturated carbocycles. The molecule has 3 heterocycles. The Morgan fingerprint density at radius 1 is 1.33 bits per heavy atom. The van der Waals surface area contributed by atoms with E-state index in [0.717, 1.165) is 6.26 Å². The minimum atomic E-state index is -3.16. The van der Waals surface area contributed by atoms with Crippen LogP contribution in [0, 0.1) is 5.82 Å². The van der Waals surface area contributed by atoms with Gasteiger partial charge in [-0.05, 0) is 23.1 Å². The number of thiophene rings is 1. The summed E-state index contributed by atoms with van der Waals surface area (Å²) >= 11 is 6.96. The molecule has 2 aromatic heterocycles. The van der Waals surface area contributed by atoms with Gasteiger partial charge >= 0.3 is 0 Å². The molecule has 2 atom stereocenters. The van der Waals surface area contributed by atoms with Crippen molar-refractivity contribution in [2.45, 2.75) is 25.4 Å². The highest BCUT2D eigenvalue weighted by atomic mass is 35.5. The maximum absolute atomic E-state index is 13.3. The molecule has 2 N–H and O–H groups in total. The third-order valence-electron chi connectivity index (χ3n) is 5.26. The van der Waals surface area contributed by atoms with Crippen molar-refractivity contribution in [1.82, 2.24) is 15.3 Å². The molecule has 1 fully saturated rings. The molecular formula is C22H23ClFN3O7S2. The summed E-state index contributed by atoms with van der Waals surface area (Å²) < 4.78 is 52.8. The van der Waals surface area contributed by atoms with E-state index in [9.17, 15) is 22.4 Å². The van der Waals surface area contributed by atoms with E-state index in [1.54, 1.807) is 5.38 Å². The quantitative estimate of drug-likeness (QED) is 0.406. The molecule has 10 nitrogen and oxygen atoms in total. The summed E-state index contributed by atoms with van der Waals surface area (Å²) in [6, 6.07) is 4.10. The topological polar surface area (TPSA) is 137 Å². The lowest BCUT2D eigenvalue weighted by Gasteiger charge is -2.28. The van der Waals surface area contributed by atoms with Crippen LogP contribution in [0.1, 0.15) is 21.7 Å². The third-order valence-corrected chi connectivity index (χ3v) is 7.45. The Labute approximate surface area is 214 Å². The van der Waals surface area contributed by atoms with Crippen molar-refractivity contribution < 1.29 is 31.8 Å². The molecule has 3 aromatic rings. The number of benzene rings is 1. The number of hydrogen-bond donors (Lipinski definition) is 2. The lowest BCUT2D eigenvalue weighted by atomic mass is 10.2. The van der Waals surface area contributed by atoms with Crippen molar-refractivity contribution in [3.8, 4) is 0 Å². The van der Waals surface area contributed by atoms with Gasteiger partial charge in [0.05, 0.1) is 48.7 Å². The van der Waals surface area contributed by atoms with E-state index < -0.39 is 33.2 Å². The van der Waals surface area contributed by atoms with Crippen LogP contribution >= 0.6 is 22.9 Å². The number of carbonyl (C=O) groups is 1. The fourth-order valence-corrected chi connectivity index (χ4v) is 5.55. The summed E-state index contributed by atoms with van der Waals surface area (Å²) in [7, 11) is -3.16. The zero-order valence-corrected chi connectivity index (χ0v) is 21.5. The van der Waals surface area contributed by atoms with Crippen LogP contribution in [0.5, 0.6) is 0 Å². The van der Waals surface area contributed by atoms with E-state index in [0.29, 0.717) is 21.3 Å². The number of hydrogen-bond acceptors (Lipinski definition) is 9. The van der Waals surface area contributed by atoms with E-state index in [4.69, 9.17) is 25.8 Å². The average Bonchev–Trinajstić information content (AvgIpc) is 3.23. The first-order valence-corrected chi connectivity index (χ1v) is 14.1. The van der Waals surface area contributed by atoms with Crippen molar-refractivity contribution in [2.24, 2.45) is 0 Å². The average molecular weight is 560 g/mol. The maximum Gasteiger partial charge on any atom is 0.287 e. The number of ether oxygens (including phenoxy) is 3. The number of amides is 1. The zero-order chi connectivity index (χ0) is 25.9. The van der Waals surface area contributed by atoms with Gasteiger partial charge in [0.15, 0.2) is 0 Å². The molecule has 194 valence electrons. The lowest BCUT2D eigenvalue weighted by molar-refractivity contribution is -0.146. The summed E-state index contributed by atoms with van der Waals surface area (Å²) in [6.45, 7) is 0.753. The fourth-order valence-electron chi connectivity index (χ4n) is 3.55. The second-order valence-electron chi connectivity index (χ2n) is 8.30. The molecule has 4 rings (SSSR count). The maximum atomic E-state index is 13.3. The van der Waals surface area contributed by atoms with Gasteiger partial charge < -0.3 is 24.5 Å². The molecular weight excluding hydrogens is 537 g/mol.